The van der Waals surface area contributed by atoms with E-state index in [-0.39, 0.29) is 25.7 Å². The van der Waals surface area contributed by atoms with Crippen LogP contribution in [0.5, 0.6) is 0 Å². The second-order valence-electron chi connectivity index (χ2n) is 5.00. The number of hydrogen-bond donors (Lipinski definition) is 4. The van der Waals surface area contributed by atoms with E-state index in [9.17, 15) is 19.2 Å². The molecule has 0 aromatic rings. The first-order valence-corrected chi connectivity index (χ1v) is 6.90. The Hall–Kier alpha value is -3.04. The monoisotopic (exact) mass is 340 g/mol. The molecule has 0 amide bonds. The first kappa shape index (κ1) is 19.0. The Bertz CT molecular complexity index is 635. The second kappa shape index (κ2) is 8.56. The molecule has 0 unspecified atom stereocenters. The predicted molar refractivity (Wildman–Crippen MR) is 80.6 cm³/mol. The van der Waals surface area contributed by atoms with E-state index in [1.807, 2.05) is 0 Å². The summed E-state index contributed by atoms with van der Waals surface area (Å²) < 4.78 is 0. The highest BCUT2D eigenvalue weighted by molar-refractivity contribution is 6.41. The van der Waals surface area contributed by atoms with Crippen molar-refractivity contribution in [2.75, 3.05) is 0 Å². The first-order chi connectivity index (χ1) is 11.2. The average Bonchev–Trinajstić information content (AvgIpc) is 2.49. The number of nitrogens with zero attached hydrogens (tertiary/aromatic N) is 2. The van der Waals surface area contributed by atoms with Crippen LogP contribution >= 0.6 is 0 Å². The van der Waals surface area contributed by atoms with Gasteiger partial charge in [-0.2, -0.15) is 0 Å². The van der Waals surface area contributed by atoms with E-state index in [1.54, 1.807) is 0 Å². The Morgan fingerprint density at radius 2 is 1.92 bits per heavy atom. The molecule has 10 heteroatoms. The number of aliphatic carboxylic acids is 4. The molecule has 24 heavy (non-hydrogen) atoms. The molecule has 0 spiro atoms. The van der Waals surface area contributed by atoms with E-state index in [0.29, 0.717) is 5.57 Å². The lowest BCUT2D eigenvalue weighted by Gasteiger charge is -2.15. The van der Waals surface area contributed by atoms with Gasteiger partial charge < -0.3 is 20.4 Å². The zero-order valence-electron chi connectivity index (χ0n) is 12.5. The van der Waals surface area contributed by atoms with Crippen LogP contribution in [0, 0.1) is 0 Å². The molecule has 0 aromatic heterocycles. The lowest BCUT2D eigenvalue weighted by molar-refractivity contribution is -0.140. The summed E-state index contributed by atoms with van der Waals surface area (Å²) in [4.78, 5) is 50.8. The van der Waals surface area contributed by atoms with Gasteiger partial charge in [-0.1, -0.05) is 5.57 Å². The second-order valence-corrected chi connectivity index (χ2v) is 5.00. The normalized spacial score (nSPS) is 18.6. The molecule has 130 valence electrons. The topological polar surface area (TPSA) is 174 Å². The molecule has 1 aliphatic heterocycles. The Balaban J connectivity index is 2.78. The van der Waals surface area contributed by atoms with Crippen molar-refractivity contribution in [2.45, 2.75) is 37.8 Å². The Morgan fingerprint density at radius 1 is 1.25 bits per heavy atom. The molecule has 1 aliphatic rings. The van der Waals surface area contributed by atoms with Crippen molar-refractivity contribution in [3.05, 3.63) is 11.6 Å². The van der Waals surface area contributed by atoms with E-state index in [4.69, 9.17) is 20.4 Å². The molecular formula is C14H16N2O8. The Labute approximate surface area is 135 Å². The van der Waals surface area contributed by atoms with Crippen molar-refractivity contribution < 1.29 is 39.6 Å². The van der Waals surface area contributed by atoms with Crippen LogP contribution < -0.4 is 0 Å². The third kappa shape index (κ3) is 5.99. The number of carboxylic acids is 4. The molecule has 1 rings (SSSR count). The van der Waals surface area contributed by atoms with Gasteiger partial charge in [-0.15, -0.1) is 0 Å². The van der Waals surface area contributed by atoms with Gasteiger partial charge in [0, 0.05) is 25.5 Å². The number of carboxylic acid groups (broad SMARTS) is 4. The summed E-state index contributed by atoms with van der Waals surface area (Å²) in [5.74, 6) is -5.04. The Morgan fingerprint density at radius 3 is 2.42 bits per heavy atom. The van der Waals surface area contributed by atoms with Crippen LogP contribution in [0.15, 0.2) is 21.6 Å². The molecule has 0 fully saturated rings. The van der Waals surface area contributed by atoms with E-state index in [2.05, 4.69) is 9.98 Å². The molecule has 0 aliphatic carbocycles. The number of carbonyl (C=O) groups is 4. The van der Waals surface area contributed by atoms with Gasteiger partial charge in [-0.3, -0.25) is 14.8 Å². The quantitative estimate of drug-likeness (QED) is 0.426. The minimum absolute atomic E-state index is 0.00893. The van der Waals surface area contributed by atoms with Crippen LogP contribution in [0.1, 0.15) is 25.7 Å². The van der Waals surface area contributed by atoms with Gasteiger partial charge in [-0.05, 0) is 12.5 Å². The van der Waals surface area contributed by atoms with E-state index in [1.165, 1.54) is 12.3 Å². The highest BCUT2D eigenvalue weighted by Gasteiger charge is 2.25. The molecule has 0 saturated carbocycles. The van der Waals surface area contributed by atoms with Crippen LogP contribution in [0.4, 0.5) is 0 Å². The number of dihydropyridines is 1. The maximum absolute atomic E-state index is 11.0. The van der Waals surface area contributed by atoms with Gasteiger partial charge >= 0.3 is 23.9 Å². The summed E-state index contributed by atoms with van der Waals surface area (Å²) in [7, 11) is 0. The molecule has 2 atom stereocenters. The summed E-state index contributed by atoms with van der Waals surface area (Å²) >= 11 is 0. The van der Waals surface area contributed by atoms with Crippen molar-refractivity contribution >= 4 is 35.8 Å². The lowest BCUT2D eigenvalue weighted by atomic mass is 9.99. The Kier molecular flexibility index (Phi) is 6.78. The molecule has 0 aromatic carbocycles. The van der Waals surface area contributed by atoms with Gasteiger partial charge in [0.1, 0.15) is 11.8 Å². The average molecular weight is 340 g/mol. The first-order valence-electron chi connectivity index (χ1n) is 6.90. The van der Waals surface area contributed by atoms with Gasteiger partial charge in [0.15, 0.2) is 6.04 Å². The van der Waals surface area contributed by atoms with E-state index in [0.717, 1.165) is 0 Å². The molecule has 10 nitrogen and oxygen atoms in total. The SMILES string of the molecule is O=C(O)CC[C@H](N=CCC1=CC(C(=O)O)=N[C@H](C(=O)O)C1)C(=O)O. The van der Waals surface area contributed by atoms with Crippen molar-refractivity contribution in [3.8, 4) is 0 Å². The van der Waals surface area contributed by atoms with Gasteiger partial charge in [0.25, 0.3) is 0 Å². The van der Waals surface area contributed by atoms with Crippen molar-refractivity contribution in [2.24, 2.45) is 9.98 Å². The van der Waals surface area contributed by atoms with Crippen LogP contribution in [-0.4, -0.2) is 68.3 Å². The zero-order valence-corrected chi connectivity index (χ0v) is 12.5. The van der Waals surface area contributed by atoms with Crippen LogP contribution in [0.3, 0.4) is 0 Å². The highest BCUT2D eigenvalue weighted by Crippen LogP contribution is 2.18. The third-order valence-electron chi connectivity index (χ3n) is 3.15. The molecule has 1 heterocycles. The largest absolute Gasteiger partial charge is 0.481 e. The molecule has 0 radical (unpaired) electrons. The number of aliphatic imine (C=N–C) groups is 2. The van der Waals surface area contributed by atoms with Crippen molar-refractivity contribution in [1.29, 1.82) is 0 Å². The molecule has 0 saturated heterocycles. The molecular weight excluding hydrogens is 324 g/mol. The van der Waals surface area contributed by atoms with Crippen LogP contribution in [0.2, 0.25) is 0 Å². The van der Waals surface area contributed by atoms with Gasteiger partial charge in [0.2, 0.25) is 0 Å². The van der Waals surface area contributed by atoms with E-state index >= 15 is 0 Å². The summed E-state index contributed by atoms with van der Waals surface area (Å²) in [5.41, 5.74) is 0.0404. The summed E-state index contributed by atoms with van der Waals surface area (Å²) in [5, 5.41) is 35.4. The number of hydrogen-bond acceptors (Lipinski definition) is 6. The number of rotatable bonds is 9. The maximum Gasteiger partial charge on any atom is 0.354 e. The van der Waals surface area contributed by atoms with Gasteiger partial charge in [-0.25, -0.2) is 14.4 Å². The maximum atomic E-state index is 11.0. The fourth-order valence-corrected chi connectivity index (χ4v) is 1.97. The summed E-state index contributed by atoms with van der Waals surface area (Å²) in [6.45, 7) is 0. The fourth-order valence-electron chi connectivity index (χ4n) is 1.97. The van der Waals surface area contributed by atoms with Crippen molar-refractivity contribution in [3.63, 3.8) is 0 Å². The zero-order chi connectivity index (χ0) is 18.3. The lowest BCUT2D eigenvalue weighted by Crippen LogP contribution is -2.27. The summed E-state index contributed by atoms with van der Waals surface area (Å²) in [6.07, 6.45) is 1.95. The molecule has 0 bridgehead atoms. The predicted octanol–water partition coefficient (Wildman–Crippen LogP) is 0.0742. The molecule has 4 N–H and O–H groups in total. The van der Waals surface area contributed by atoms with Crippen LogP contribution in [-0.2, 0) is 19.2 Å². The smallest absolute Gasteiger partial charge is 0.354 e. The third-order valence-corrected chi connectivity index (χ3v) is 3.15. The summed E-state index contributed by atoms with van der Waals surface area (Å²) in [6, 6.07) is -2.44. The highest BCUT2D eigenvalue weighted by atomic mass is 16.4. The minimum Gasteiger partial charge on any atom is -0.481 e. The standard InChI is InChI=1S/C14H16N2O8/c17-11(18)2-1-8(12(19)20)15-4-3-7-5-9(13(21)22)16-10(6-7)14(23)24/h4-5,8,10H,1-3,6H2,(H,17,18)(H,19,20)(H,21,22)(H,23,24)/t8-,10-/m0/s1. The van der Waals surface area contributed by atoms with E-state index < -0.39 is 41.7 Å². The van der Waals surface area contributed by atoms with Gasteiger partial charge in [0.05, 0.1) is 0 Å². The fraction of sp³-hybridized carbons (Fsp3) is 0.429. The van der Waals surface area contributed by atoms with Crippen molar-refractivity contribution in [1.82, 2.24) is 0 Å². The van der Waals surface area contributed by atoms with Crippen LogP contribution in [0.25, 0.3) is 0 Å². The minimum atomic E-state index is -1.36.